The molecule has 1 aromatic carbocycles. The first-order valence-electron chi connectivity index (χ1n) is 12.3. The zero-order chi connectivity index (χ0) is 24.5. The Balaban J connectivity index is 1.33. The smallest absolute Gasteiger partial charge is 0.154 e. The van der Waals surface area contributed by atoms with Gasteiger partial charge in [-0.25, -0.2) is 18.9 Å². The van der Waals surface area contributed by atoms with Crippen molar-refractivity contribution in [3.63, 3.8) is 0 Å². The highest BCUT2D eigenvalue weighted by Crippen LogP contribution is 2.30. The molecule has 1 unspecified atom stereocenters. The number of pyridine rings is 1. The summed E-state index contributed by atoms with van der Waals surface area (Å²) in [6.07, 6.45) is 4.56. The fourth-order valence-electron chi connectivity index (χ4n) is 5.07. The molecule has 184 valence electrons. The molecule has 2 aliphatic rings. The summed E-state index contributed by atoms with van der Waals surface area (Å²) in [5.41, 5.74) is 3.16. The van der Waals surface area contributed by atoms with Crippen molar-refractivity contribution >= 4 is 23.6 Å². The lowest BCUT2D eigenvalue weighted by Crippen LogP contribution is -2.40. The summed E-state index contributed by atoms with van der Waals surface area (Å²) in [4.78, 5) is 25.0. The minimum atomic E-state index is -0.264. The monoisotopic (exact) mass is 486 g/mol. The number of aromatic nitrogens is 4. The summed E-state index contributed by atoms with van der Waals surface area (Å²) in [6, 6.07) is 16.4. The van der Waals surface area contributed by atoms with Gasteiger partial charge in [0.05, 0.1) is 31.1 Å². The van der Waals surface area contributed by atoms with Crippen LogP contribution in [0.5, 0.6) is 0 Å². The van der Waals surface area contributed by atoms with Gasteiger partial charge in [-0.1, -0.05) is 18.2 Å². The van der Waals surface area contributed by atoms with Crippen LogP contribution in [-0.2, 0) is 9.53 Å². The largest absolute Gasteiger partial charge is 0.377 e. The molecule has 0 radical (unpaired) electrons. The molecule has 0 saturated carbocycles. The Bertz CT molecular complexity index is 1380. The number of aldehydes is 1. The molecule has 2 fully saturated rings. The molecule has 0 bridgehead atoms. The van der Waals surface area contributed by atoms with Gasteiger partial charge in [-0.05, 0) is 54.8 Å². The van der Waals surface area contributed by atoms with Crippen molar-refractivity contribution in [1.29, 1.82) is 0 Å². The molecule has 2 aliphatic heterocycles. The third-order valence-electron chi connectivity index (χ3n) is 7.06. The number of hydrogen-bond acceptors (Lipinski definition) is 7. The zero-order valence-corrected chi connectivity index (χ0v) is 19.8. The normalized spacial score (nSPS) is 19.1. The van der Waals surface area contributed by atoms with Gasteiger partial charge in [0.2, 0.25) is 0 Å². The molecular weight excluding hydrogens is 459 g/mol. The highest BCUT2D eigenvalue weighted by atomic mass is 19.1. The number of benzene rings is 1. The number of ether oxygens (including phenoxy) is 1. The lowest BCUT2D eigenvalue weighted by Gasteiger charge is -2.36. The van der Waals surface area contributed by atoms with Gasteiger partial charge in [-0.15, -0.1) is 5.10 Å². The second kappa shape index (κ2) is 9.66. The van der Waals surface area contributed by atoms with Crippen LogP contribution in [-0.4, -0.2) is 58.7 Å². The fourth-order valence-corrected chi connectivity index (χ4v) is 5.07. The van der Waals surface area contributed by atoms with E-state index in [0.717, 1.165) is 66.5 Å². The van der Waals surface area contributed by atoms with E-state index in [1.165, 1.54) is 6.07 Å². The van der Waals surface area contributed by atoms with Crippen molar-refractivity contribution < 1.29 is 13.9 Å². The molecule has 0 spiro atoms. The second-order valence-corrected chi connectivity index (χ2v) is 9.29. The Hall–Kier alpha value is -3.85. The van der Waals surface area contributed by atoms with Gasteiger partial charge >= 0.3 is 0 Å². The molecule has 0 N–H and O–H groups in total. The van der Waals surface area contributed by atoms with Crippen LogP contribution in [0.1, 0.15) is 24.4 Å². The van der Waals surface area contributed by atoms with Gasteiger partial charge in [-0.3, -0.25) is 0 Å². The number of rotatable bonds is 5. The van der Waals surface area contributed by atoms with Crippen LogP contribution in [0.4, 0.5) is 16.0 Å². The van der Waals surface area contributed by atoms with Crippen molar-refractivity contribution in [2.24, 2.45) is 5.92 Å². The number of carbonyl (C=O) groups excluding carboxylic acids is 1. The van der Waals surface area contributed by atoms with Crippen LogP contribution < -0.4 is 9.80 Å². The first kappa shape index (κ1) is 22.6. The number of halogens is 1. The van der Waals surface area contributed by atoms with E-state index in [2.05, 4.69) is 14.8 Å². The summed E-state index contributed by atoms with van der Waals surface area (Å²) >= 11 is 0. The Morgan fingerprint density at radius 1 is 1.00 bits per heavy atom. The van der Waals surface area contributed by atoms with E-state index in [9.17, 15) is 9.18 Å². The Labute approximate surface area is 208 Å². The van der Waals surface area contributed by atoms with Crippen LogP contribution in [0.3, 0.4) is 0 Å². The van der Waals surface area contributed by atoms with E-state index >= 15 is 0 Å². The molecule has 9 heteroatoms. The maximum absolute atomic E-state index is 14.0. The van der Waals surface area contributed by atoms with Crippen molar-refractivity contribution in [2.45, 2.75) is 18.9 Å². The standard InChI is InChI=1S/C27H27FN6O2/c28-21-4-1-3-20(15-21)24-18-36-14-13-33(24)27-8-7-25-29-16-23(34(25)31-27)22-5-2-6-26(30-22)32-11-9-19(17-35)10-12-32/h1-8,15-17,19,24H,9-14,18H2. The van der Waals surface area contributed by atoms with E-state index < -0.39 is 0 Å². The second-order valence-electron chi connectivity index (χ2n) is 9.29. The molecule has 5 heterocycles. The highest BCUT2D eigenvalue weighted by molar-refractivity contribution is 5.63. The minimum absolute atomic E-state index is 0.137. The SMILES string of the molecule is O=CC1CCN(c2cccc(-c3cnc4ccc(N5CCOCC5c5cccc(F)c5)nn34)n2)CC1. The average Bonchev–Trinajstić information content (AvgIpc) is 3.36. The van der Waals surface area contributed by atoms with E-state index in [4.69, 9.17) is 14.8 Å². The summed E-state index contributed by atoms with van der Waals surface area (Å²) < 4.78 is 21.5. The number of piperidine rings is 1. The van der Waals surface area contributed by atoms with Crippen molar-refractivity contribution in [2.75, 3.05) is 42.6 Å². The van der Waals surface area contributed by atoms with Gasteiger partial charge in [0, 0.05) is 25.6 Å². The predicted molar refractivity (Wildman–Crippen MR) is 135 cm³/mol. The number of fused-ring (bicyclic) bond motifs is 1. The molecule has 6 rings (SSSR count). The van der Waals surface area contributed by atoms with E-state index in [1.807, 2.05) is 40.9 Å². The number of carbonyl (C=O) groups is 1. The summed E-state index contributed by atoms with van der Waals surface area (Å²) in [7, 11) is 0. The predicted octanol–water partition coefficient (Wildman–Crippen LogP) is 3.92. The molecule has 0 amide bonds. The highest BCUT2D eigenvalue weighted by Gasteiger charge is 2.27. The van der Waals surface area contributed by atoms with E-state index in [1.54, 1.807) is 18.3 Å². The minimum Gasteiger partial charge on any atom is -0.377 e. The fraction of sp³-hybridized carbons (Fsp3) is 0.333. The Morgan fingerprint density at radius 2 is 1.86 bits per heavy atom. The van der Waals surface area contributed by atoms with Gasteiger partial charge in [0.1, 0.15) is 29.4 Å². The third-order valence-corrected chi connectivity index (χ3v) is 7.06. The van der Waals surface area contributed by atoms with Crippen LogP contribution >= 0.6 is 0 Å². The van der Waals surface area contributed by atoms with Crippen LogP contribution in [0.25, 0.3) is 17.0 Å². The maximum Gasteiger partial charge on any atom is 0.154 e. The quantitative estimate of drug-likeness (QED) is 0.396. The Kier molecular flexibility index (Phi) is 6.06. The van der Waals surface area contributed by atoms with Gasteiger partial charge < -0.3 is 19.3 Å². The molecule has 3 aromatic heterocycles. The number of nitrogens with zero attached hydrogens (tertiary/aromatic N) is 6. The van der Waals surface area contributed by atoms with Gasteiger partial charge in [0.25, 0.3) is 0 Å². The first-order chi connectivity index (χ1) is 17.7. The van der Waals surface area contributed by atoms with Crippen LogP contribution in [0, 0.1) is 11.7 Å². The lowest BCUT2D eigenvalue weighted by atomic mass is 9.99. The average molecular weight is 487 g/mol. The molecule has 8 nitrogen and oxygen atoms in total. The Morgan fingerprint density at radius 3 is 2.69 bits per heavy atom. The van der Waals surface area contributed by atoms with Gasteiger partial charge in [0.15, 0.2) is 5.65 Å². The molecule has 1 atom stereocenters. The number of imidazole rings is 1. The number of anilines is 2. The molecule has 4 aromatic rings. The third kappa shape index (κ3) is 4.30. The van der Waals surface area contributed by atoms with E-state index in [0.29, 0.717) is 19.8 Å². The van der Waals surface area contributed by atoms with Crippen molar-refractivity contribution in [3.8, 4) is 11.4 Å². The molecule has 2 saturated heterocycles. The topological polar surface area (TPSA) is 75.9 Å². The zero-order valence-electron chi connectivity index (χ0n) is 19.8. The molecule has 0 aliphatic carbocycles. The van der Waals surface area contributed by atoms with Crippen LogP contribution in [0.15, 0.2) is 60.8 Å². The van der Waals surface area contributed by atoms with E-state index in [-0.39, 0.29) is 17.8 Å². The summed E-state index contributed by atoms with van der Waals surface area (Å²) in [6.45, 7) is 3.31. The van der Waals surface area contributed by atoms with Gasteiger partial charge in [-0.2, -0.15) is 0 Å². The first-order valence-corrected chi connectivity index (χ1v) is 12.3. The molecule has 36 heavy (non-hydrogen) atoms. The summed E-state index contributed by atoms with van der Waals surface area (Å²) in [5.74, 6) is 1.54. The number of morpholine rings is 1. The lowest BCUT2D eigenvalue weighted by molar-refractivity contribution is -0.111. The summed E-state index contributed by atoms with van der Waals surface area (Å²) in [5, 5.41) is 4.93. The van der Waals surface area contributed by atoms with Crippen molar-refractivity contribution in [3.05, 3.63) is 72.2 Å². The van der Waals surface area contributed by atoms with Crippen molar-refractivity contribution in [1.82, 2.24) is 19.6 Å². The van der Waals surface area contributed by atoms with Crippen LogP contribution in [0.2, 0.25) is 0 Å². The maximum atomic E-state index is 14.0. The molecular formula is C27H27FN6O2. The number of hydrogen-bond donors (Lipinski definition) is 0.